The van der Waals surface area contributed by atoms with Crippen molar-refractivity contribution >= 4 is 5.69 Å². The Morgan fingerprint density at radius 2 is 2.00 bits per heavy atom. The first-order valence-electron chi connectivity index (χ1n) is 6.98. The minimum atomic E-state index is 0.196. The maximum absolute atomic E-state index is 4.11. The van der Waals surface area contributed by atoms with Gasteiger partial charge >= 0.3 is 0 Å². The lowest BCUT2D eigenvalue weighted by molar-refractivity contribution is 0.366. The molecular weight excluding hydrogens is 222 g/mol. The normalized spacial score (nSPS) is 21.1. The lowest BCUT2D eigenvalue weighted by atomic mass is 10.00. The second-order valence-electron chi connectivity index (χ2n) is 6.18. The highest BCUT2D eigenvalue weighted by Gasteiger charge is 2.23. The molecule has 0 aliphatic carbocycles. The predicted octanol–water partition coefficient (Wildman–Crippen LogP) is 2.83. The third-order valence-electron chi connectivity index (χ3n) is 3.49. The van der Waals surface area contributed by atoms with Gasteiger partial charge in [0.1, 0.15) is 0 Å². The molecule has 0 aromatic carbocycles. The van der Waals surface area contributed by atoms with Crippen LogP contribution in [0.3, 0.4) is 0 Å². The molecule has 1 fully saturated rings. The van der Waals surface area contributed by atoms with Crippen LogP contribution in [-0.2, 0) is 0 Å². The van der Waals surface area contributed by atoms with Gasteiger partial charge in [0, 0.05) is 42.8 Å². The number of hydrogen-bond acceptors (Lipinski definition) is 3. The van der Waals surface area contributed by atoms with E-state index in [1.807, 2.05) is 12.4 Å². The standard InChI is InChI=1S/C15H25N3/c1-15(2,3)17-12-14-6-4-5-11-18(14)13-7-9-16-10-8-13/h7-10,14,17H,4-6,11-12H2,1-3H3. The number of nitrogens with one attached hydrogen (secondary N) is 1. The van der Waals surface area contributed by atoms with Crippen LogP contribution in [0.25, 0.3) is 0 Å². The fraction of sp³-hybridized carbons (Fsp3) is 0.667. The molecule has 3 heteroatoms. The number of pyridine rings is 1. The Balaban J connectivity index is 2.02. The van der Waals surface area contributed by atoms with Gasteiger partial charge < -0.3 is 10.2 Å². The van der Waals surface area contributed by atoms with Crippen molar-refractivity contribution in [3.8, 4) is 0 Å². The summed E-state index contributed by atoms with van der Waals surface area (Å²) in [6.45, 7) is 8.91. The molecule has 100 valence electrons. The SMILES string of the molecule is CC(C)(C)NCC1CCCCN1c1ccncc1. The quantitative estimate of drug-likeness (QED) is 0.890. The van der Waals surface area contributed by atoms with E-state index in [2.05, 4.69) is 48.1 Å². The molecule has 0 spiro atoms. The highest BCUT2D eigenvalue weighted by atomic mass is 15.2. The molecular formula is C15H25N3. The van der Waals surface area contributed by atoms with Gasteiger partial charge in [-0.3, -0.25) is 4.98 Å². The van der Waals surface area contributed by atoms with Gasteiger partial charge in [-0.25, -0.2) is 0 Å². The zero-order valence-corrected chi connectivity index (χ0v) is 11.8. The van der Waals surface area contributed by atoms with E-state index in [-0.39, 0.29) is 5.54 Å². The molecule has 1 N–H and O–H groups in total. The van der Waals surface area contributed by atoms with E-state index in [1.54, 1.807) is 0 Å². The maximum Gasteiger partial charge on any atom is 0.0414 e. The summed E-state index contributed by atoms with van der Waals surface area (Å²) in [6.07, 6.45) is 7.70. The zero-order valence-electron chi connectivity index (χ0n) is 11.8. The van der Waals surface area contributed by atoms with Gasteiger partial charge in [0.15, 0.2) is 0 Å². The first kappa shape index (κ1) is 13.3. The number of hydrogen-bond donors (Lipinski definition) is 1. The van der Waals surface area contributed by atoms with Crippen molar-refractivity contribution in [2.24, 2.45) is 0 Å². The Kier molecular flexibility index (Phi) is 4.23. The number of piperidine rings is 1. The number of anilines is 1. The molecule has 1 atom stereocenters. The van der Waals surface area contributed by atoms with Crippen molar-refractivity contribution in [2.45, 2.75) is 51.6 Å². The number of rotatable bonds is 3. The molecule has 1 aliphatic heterocycles. The lowest BCUT2D eigenvalue weighted by Crippen LogP contribution is -2.49. The largest absolute Gasteiger partial charge is 0.367 e. The summed E-state index contributed by atoms with van der Waals surface area (Å²) in [6, 6.07) is 4.85. The molecule has 1 aliphatic rings. The average molecular weight is 247 g/mol. The molecule has 0 amide bonds. The van der Waals surface area contributed by atoms with Crippen LogP contribution in [0.1, 0.15) is 40.0 Å². The Hall–Kier alpha value is -1.09. The molecule has 1 unspecified atom stereocenters. The molecule has 2 rings (SSSR count). The Morgan fingerprint density at radius 3 is 2.67 bits per heavy atom. The second kappa shape index (κ2) is 5.70. The fourth-order valence-electron chi connectivity index (χ4n) is 2.51. The third-order valence-corrected chi connectivity index (χ3v) is 3.49. The minimum Gasteiger partial charge on any atom is -0.367 e. The van der Waals surface area contributed by atoms with E-state index in [0.717, 1.165) is 6.54 Å². The zero-order chi connectivity index (χ0) is 13.0. The van der Waals surface area contributed by atoms with Crippen molar-refractivity contribution < 1.29 is 0 Å². The van der Waals surface area contributed by atoms with Gasteiger partial charge in [-0.1, -0.05) is 0 Å². The predicted molar refractivity (Wildman–Crippen MR) is 77.0 cm³/mol. The number of nitrogens with zero attached hydrogens (tertiary/aromatic N) is 2. The first-order chi connectivity index (χ1) is 8.56. The van der Waals surface area contributed by atoms with Gasteiger partial charge in [-0.05, 0) is 52.2 Å². The molecule has 3 nitrogen and oxygen atoms in total. The van der Waals surface area contributed by atoms with Gasteiger partial charge in [0.05, 0.1) is 0 Å². The van der Waals surface area contributed by atoms with E-state index in [9.17, 15) is 0 Å². The highest BCUT2D eigenvalue weighted by molar-refractivity contribution is 5.46. The summed E-state index contributed by atoms with van der Waals surface area (Å²) < 4.78 is 0. The van der Waals surface area contributed by atoms with Crippen molar-refractivity contribution in [2.75, 3.05) is 18.0 Å². The van der Waals surface area contributed by atoms with Crippen molar-refractivity contribution in [1.29, 1.82) is 0 Å². The van der Waals surface area contributed by atoms with E-state index >= 15 is 0 Å². The molecule has 2 heterocycles. The topological polar surface area (TPSA) is 28.2 Å². The Morgan fingerprint density at radius 1 is 1.28 bits per heavy atom. The molecule has 1 aromatic heterocycles. The van der Waals surface area contributed by atoms with Crippen molar-refractivity contribution in [3.63, 3.8) is 0 Å². The highest BCUT2D eigenvalue weighted by Crippen LogP contribution is 2.24. The third kappa shape index (κ3) is 3.70. The molecule has 18 heavy (non-hydrogen) atoms. The summed E-state index contributed by atoms with van der Waals surface area (Å²) >= 11 is 0. The van der Waals surface area contributed by atoms with Crippen LogP contribution in [0.5, 0.6) is 0 Å². The lowest BCUT2D eigenvalue weighted by Gasteiger charge is -2.39. The molecule has 1 aromatic rings. The van der Waals surface area contributed by atoms with Crippen LogP contribution in [-0.4, -0.2) is 29.7 Å². The fourth-order valence-corrected chi connectivity index (χ4v) is 2.51. The van der Waals surface area contributed by atoms with E-state index in [4.69, 9.17) is 0 Å². The van der Waals surface area contributed by atoms with Crippen molar-refractivity contribution in [1.82, 2.24) is 10.3 Å². The average Bonchev–Trinajstić information content (AvgIpc) is 2.37. The summed E-state index contributed by atoms with van der Waals surface area (Å²) in [5.74, 6) is 0. The van der Waals surface area contributed by atoms with E-state index < -0.39 is 0 Å². The summed E-state index contributed by atoms with van der Waals surface area (Å²) in [5, 5.41) is 3.63. The van der Waals surface area contributed by atoms with Crippen LogP contribution >= 0.6 is 0 Å². The summed E-state index contributed by atoms with van der Waals surface area (Å²) in [4.78, 5) is 6.64. The Bertz CT molecular complexity index is 356. The summed E-state index contributed by atoms with van der Waals surface area (Å²) in [5.41, 5.74) is 1.51. The van der Waals surface area contributed by atoms with Crippen LogP contribution < -0.4 is 10.2 Å². The van der Waals surface area contributed by atoms with Gasteiger partial charge in [0.25, 0.3) is 0 Å². The van der Waals surface area contributed by atoms with E-state index in [1.165, 1.54) is 31.5 Å². The van der Waals surface area contributed by atoms with Crippen LogP contribution in [0, 0.1) is 0 Å². The molecule has 0 bridgehead atoms. The van der Waals surface area contributed by atoms with Crippen LogP contribution in [0.2, 0.25) is 0 Å². The second-order valence-corrected chi connectivity index (χ2v) is 6.18. The summed E-state index contributed by atoms with van der Waals surface area (Å²) in [7, 11) is 0. The minimum absolute atomic E-state index is 0.196. The first-order valence-corrected chi connectivity index (χ1v) is 6.98. The van der Waals surface area contributed by atoms with Crippen molar-refractivity contribution in [3.05, 3.63) is 24.5 Å². The van der Waals surface area contributed by atoms with E-state index in [0.29, 0.717) is 6.04 Å². The molecule has 1 saturated heterocycles. The Labute approximate surface area is 111 Å². The van der Waals surface area contributed by atoms with Gasteiger partial charge in [-0.2, -0.15) is 0 Å². The maximum atomic E-state index is 4.11. The van der Waals surface area contributed by atoms with Gasteiger partial charge in [-0.15, -0.1) is 0 Å². The molecule has 0 radical (unpaired) electrons. The van der Waals surface area contributed by atoms with Crippen LogP contribution in [0.4, 0.5) is 5.69 Å². The van der Waals surface area contributed by atoms with Crippen LogP contribution in [0.15, 0.2) is 24.5 Å². The smallest absolute Gasteiger partial charge is 0.0414 e. The molecule has 0 saturated carbocycles. The van der Waals surface area contributed by atoms with Gasteiger partial charge in [0.2, 0.25) is 0 Å². The monoisotopic (exact) mass is 247 g/mol. The number of aromatic nitrogens is 1.